The number of aryl methyl sites for hydroxylation is 2. The molecule has 37 heavy (non-hydrogen) atoms. The first-order chi connectivity index (χ1) is 17.6. The third-order valence-electron chi connectivity index (χ3n) is 6.89. The average molecular weight is 529 g/mol. The molecule has 1 atom stereocenters. The summed E-state index contributed by atoms with van der Waals surface area (Å²) in [4.78, 5) is 29.9. The first-order valence-corrected chi connectivity index (χ1v) is 13.9. The van der Waals surface area contributed by atoms with Gasteiger partial charge in [-0.05, 0) is 73.2 Å². The summed E-state index contributed by atoms with van der Waals surface area (Å²) in [7, 11) is 3.45. The molecule has 9 heteroatoms. The van der Waals surface area contributed by atoms with Crippen LogP contribution < -0.4 is 10.1 Å². The Bertz CT molecular complexity index is 1130. The monoisotopic (exact) mass is 528 g/mol. The molecule has 0 radical (unpaired) electrons. The minimum absolute atomic E-state index is 0.0892. The standard InChI is InChI=1S/C28H40N4O4S/c1-7-32-12-10-23-9-8-22(16-24(23)11-13-32)18-30(4)27(34)17-29-26(33)19-31(5)37(35)28-20(2)14-25(36-6)15-21(28)3/h8-9,14-16H,7,10-13,17-19H2,1-6H3,(H,29,33). The lowest BCUT2D eigenvalue weighted by atomic mass is 10.00. The van der Waals surface area contributed by atoms with Gasteiger partial charge < -0.3 is 19.9 Å². The van der Waals surface area contributed by atoms with Crippen LogP contribution in [0.5, 0.6) is 5.75 Å². The van der Waals surface area contributed by atoms with E-state index in [0.717, 1.165) is 49.2 Å². The average Bonchev–Trinajstić information content (AvgIpc) is 3.08. The minimum atomic E-state index is -1.52. The smallest absolute Gasteiger partial charge is 0.242 e. The van der Waals surface area contributed by atoms with Crippen LogP contribution >= 0.6 is 0 Å². The summed E-state index contributed by atoms with van der Waals surface area (Å²) in [6.45, 7) is 9.44. The first-order valence-electron chi connectivity index (χ1n) is 12.7. The van der Waals surface area contributed by atoms with Crippen molar-refractivity contribution in [2.24, 2.45) is 0 Å². The molecule has 1 N–H and O–H groups in total. The van der Waals surface area contributed by atoms with Crippen LogP contribution in [0.25, 0.3) is 0 Å². The van der Waals surface area contributed by atoms with Gasteiger partial charge in [0.05, 0.1) is 25.1 Å². The summed E-state index contributed by atoms with van der Waals surface area (Å²) in [5.41, 5.74) is 5.51. The van der Waals surface area contributed by atoms with Crippen molar-refractivity contribution in [2.75, 3.05) is 53.9 Å². The van der Waals surface area contributed by atoms with E-state index in [0.29, 0.717) is 17.2 Å². The number of nitrogens with zero attached hydrogens (tertiary/aromatic N) is 3. The Morgan fingerprint density at radius 3 is 2.32 bits per heavy atom. The predicted molar refractivity (Wildman–Crippen MR) is 147 cm³/mol. The van der Waals surface area contributed by atoms with Crippen molar-refractivity contribution >= 4 is 22.8 Å². The van der Waals surface area contributed by atoms with Gasteiger partial charge in [-0.25, -0.2) is 8.51 Å². The Morgan fingerprint density at radius 1 is 1.05 bits per heavy atom. The van der Waals surface area contributed by atoms with Gasteiger partial charge in [0.25, 0.3) is 0 Å². The second-order valence-electron chi connectivity index (χ2n) is 9.69. The number of carbonyl (C=O) groups is 2. The van der Waals surface area contributed by atoms with Crippen LogP contribution in [0.2, 0.25) is 0 Å². The van der Waals surface area contributed by atoms with Gasteiger partial charge in [0.15, 0.2) is 0 Å². The number of amides is 2. The molecule has 3 rings (SSSR count). The van der Waals surface area contributed by atoms with Gasteiger partial charge in [0.1, 0.15) is 16.7 Å². The highest BCUT2D eigenvalue weighted by molar-refractivity contribution is 7.82. The zero-order valence-corrected chi connectivity index (χ0v) is 23.7. The Morgan fingerprint density at radius 2 is 1.70 bits per heavy atom. The molecule has 2 amide bonds. The van der Waals surface area contributed by atoms with Gasteiger partial charge in [-0.1, -0.05) is 25.1 Å². The maximum absolute atomic E-state index is 13.1. The molecule has 0 saturated carbocycles. The van der Waals surface area contributed by atoms with E-state index < -0.39 is 11.0 Å². The maximum Gasteiger partial charge on any atom is 0.242 e. The van der Waals surface area contributed by atoms with Crippen molar-refractivity contribution in [1.82, 2.24) is 19.4 Å². The van der Waals surface area contributed by atoms with E-state index in [2.05, 4.69) is 35.3 Å². The van der Waals surface area contributed by atoms with E-state index in [1.54, 1.807) is 26.1 Å². The summed E-state index contributed by atoms with van der Waals surface area (Å²) in [5, 5.41) is 2.67. The summed E-state index contributed by atoms with van der Waals surface area (Å²) < 4.78 is 19.8. The lowest BCUT2D eigenvalue weighted by Crippen LogP contribution is -2.42. The van der Waals surface area contributed by atoms with Crippen LogP contribution in [0.1, 0.15) is 34.7 Å². The third kappa shape index (κ3) is 7.63. The highest BCUT2D eigenvalue weighted by atomic mass is 32.2. The zero-order chi connectivity index (χ0) is 27.1. The fraction of sp³-hybridized carbons (Fsp3) is 0.500. The summed E-state index contributed by atoms with van der Waals surface area (Å²) >= 11 is 0. The molecule has 0 fully saturated rings. The Labute approximate surface area is 223 Å². The maximum atomic E-state index is 13.1. The molecule has 202 valence electrons. The molecule has 2 aromatic carbocycles. The highest BCUT2D eigenvalue weighted by Crippen LogP contribution is 2.25. The second kappa shape index (κ2) is 13.2. The van der Waals surface area contributed by atoms with Crippen molar-refractivity contribution in [3.05, 3.63) is 58.1 Å². The van der Waals surface area contributed by atoms with Crippen molar-refractivity contribution in [3.8, 4) is 5.75 Å². The van der Waals surface area contributed by atoms with Crippen LogP contribution in [0, 0.1) is 13.8 Å². The minimum Gasteiger partial charge on any atom is -0.497 e. The largest absolute Gasteiger partial charge is 0.497 e. The summed E-state index contributed by atoms with van der Waals surface area (Å²) in [6.07, 6.45) is 2.08. The van der Waals surface area contributed by atoms with Crippen LogP contribution in [-0.2, 0) is 40.0 Å². The SMILES string of the molecule is CCN1CCc2ccc(CN(C)C(=O)CNC(=O)CN(C)S(=O)c3c(C)cc(OC)cc3C)cc2CC1. The lowest BCUT2D eigenvalue weighted by Gasteiger charge is -2.20. The van der Waals surface area contributed by atoms with Crippen LogP contribution in [0.3, 0.4) is 0 Å². The lowest BCUT2D eigenvalue weighted by molar-refractivity contribution is -0.132. The number of rotatable bonds is 10. The molecule has 1 heterocycles. The topological polar surface area (TPSA) is 82.2 Å². The van der Waals surface area contributed by atoms with Gasteiger partial charge in [0, 0.05) is 33.7 Å². The number of methoxy groups -OCH3 is 1. The first kappa shape index (κ1) is 28.8. The molecule has 0 bridgehead atoms. The van der Waals surface area contributed by atoms with Gasteiger partial charge in [-0.15, -0.1) is 0 Å². The molecular weight excluding hydrogens is 488 g/mol. The van der Waals surface area contributed by atoms with Crippen LogP contribution in [-0.4, -0.2) is 84.1 Å². The van der Waals surface area contributed by atoms with Crippen molar-refractivity contribution in [3.63, 3.8) is 0 Å². The highest BCUT2D eigenvalue weighted by Gasteiger charge is 2.20. The normalized spacial score (nSPS) is 14.6. The zero-order valence-electron chi connectivity index (χ0n) is 22.9. The third-order valence-corrected chi connectivity index (χ3v) is 8.58. The molecule has 8 nitrogen and oxygen atoms in total. The number of ether oxygens (including phenoxy) is 1. The predicted octanol–water partition coefficient (Wildman–Crippen LogP) is 2.46. The number of nitrogens with one attached hydrogen (secondary N) is 1. The number of hydrogen-bond acceptors (Lipinski definition) is 5. The van der Waals surface area contributed by atoms with Crippen molar-refractivity contribution in [2.45, 2.75) is 45.1 Å². The molecule has 1 aliphatic rings. The molecule has 1 aliphatic heterocycles. The number of carbonyl (C=O) groups excluding carboxylic acids is 2. The Balaban J connectivity index is 1.50. The Kier molecular flexibility index (Phi) is 10.3. The molecule has 0 spiro atoms. The molecule has 0 aromatic heterocycles. The number of benzene rings is 2. The number of likely N-dealkylation sites (N-methyl/N-ethyl adjacent to an activating group) is 3. The van der Waals surface area contributed by atoms with Crippen molar-refractivity contribution in [1.29, 1.82) is 0 Å². The van der Waals surface area contributed by atoms with E-state index in [1.807, 2.05) is 26.0 Å². The summed E-state index contributed by atoms with van der Waals surface area (Å²) in [5.74, 6) is 0.172. The van der Waals surface area contributed by atoms with E-state index in [1.165, 1.54) is 15.4 Å². The van der Waals surface area contributed by atoms with E-state index in [9.17, 15) is 13.8 Å². The molecule has 1 unspecified atom stereocenters. The van der Waals surface area contributed by atoms with E-state index >= 15 is 0 Å². The van der Waals surface area contributed by atoms with Crippen LogP contribution in [0.15, 0.2) is 35.2 Å². The molecule has 2 aromatic rings. The molecular formula is C28H40N4O4S. The number of fused-ring (bicyclic) bond motifs is 1. The fourth-order valence-electron chi connectivity index (χ4n) is 4.69. The van der Waals surface area contributed by atoms with Gasteiger partial charge in [0.2, 0.25) is 11.8 Å². The fourth-order valence-corrected chi connectivity index (χ4v) is 5.90. The molecule has 0 saturated heterocycles. The van der Waals surface area contributed by atoms with E-state index in [4.69, 9.17) is 4.74 Å². The van der Waals surface area contributed by atoms with Gasteiger partial charge in [-0.3, -0.25) is 9.59 Å². The molecule has 0 aliphatic carbocycles. The van der Waals surface area contributed by atoms with Gasteiger partial charge >= 0.3 is 0 Å². The van der Waals surface area contributed by atoms with Gasteiger partial charge in [-0.2, -0.15) is 0 Å². The second-order valence-corrected chi connectivity index (χ2v) is 11.2. The van der Waals surface area contributed by atoms with E-state index in [-0.39, 0.29) is 24.9 Å². The van der Waals surface area contributed by atoms with Crippen LogP contribution in [0.4, 0.5) is 0 Å². The van der Waals surface area contributed by atoms with Crippen molar-refractivity contribution < 1.29 is 18.5 Å². The Hall–Kier alpha value is -2.75. The summed E-state index contributed by atoms with van der Waals surface area (Å²) in [6, 6.07) is 10.1. The number of hydrogen-bond donors (Lipinski definition) is 1. The quantitative estimate of drug-likeness (QED) is 0.512.